The van der Waals surface area contributed by atoms with E-state index in [0.29, 0.717) is 5.56 Å². The summed E-state index contributed by atoms with van der Waals surface area (Å²) in [5.74, 6) is -1.08. The van der Waals surface area contributed by atoms with Crippen molar-refractivity contribution in [1.82, 2.24) is 9.88 Å². The predicted octanol–water partition coefficient (Wildman–Crippen LogP) is 1.64. The van der Waals surface area contributed by atoms with Crippen molar-refractivity contribution in [2.75, 3.05) is 6.54 Å². The van der Waals surface area contributed by atoms with Crippen LogP contribution >= 0.6 is 11.6 Å². The maximum absolute atomic E-state index is 13.3. The second kappa shape index (κ2) is 6.72. The van der Waals surface area contributed by atoms with E-state index < -0.39 is 17.8 Å². The van der Waals surface area contributed by atoms with Gasteiger partial charge in [0.25, 0.3) is 5.91 Å². The number of hydrogen-bond donors (Lipinski definition) is 2. The van der Waals surface area contributed by atoms with Crippen LogP contribution in [0, 0.1) is 5.82 Å². The Kier molecular flexibility index (Phi) is 4.95. The Morgan fingerprint density at radius 2 is 2.14 bits per heavy atom. The number of rotatable bonds is 4. The number of carbonyl (C=O) groups excluding carboxylic acids is 1. The molecule has 2 N–H and O–H groups in total. The Bertz CT molecular complexity index is 761. The van der Waals surface area contributed by atoms with Crippen molar-refractivity contribution >= 4 is 17.5 Å². The maximum atomic E-state index is 13.3. The van der Waals surface area contributed by atoms with Gasteiger partial charge in [-0.1, -0.05) is 17.7 Å². The standard InChI is InChI=1S/C15H14ClFN2O3/c1-19-8-10(3-5-14(19)21)15(22)18-7-13(20)9-2-4-11(16)12(17)6-9/h2-6,8,13,20H,7H2,1H3,(H,18,22). The van der Waals surface area contributed by atoms with Crippen LogP contribution < -0.4 is 10.9 Å². The lowest BCUT2D eigenvalue weighted by atomic mass is 10.1. The molecule has 0 spiro atoms. The fraction of sp³-hybridized carbons (Fsp3) is 0.200. The zero-order valence-electron chi connectivity index (χ0n) is 11.7. The van der Waals surface area contributed by atoms with Crippen LogP contribution in [0.5, 0.6) is 0 Å². The molecule has 22 heavy (non-hydrogen) atoms. The minimum Gasteiger partial charge on any atom is -0.387 e. The van der Waals surface area contributed by atoms with E-state index in [1.165, 1.54) is 42.1 Å². The number of aryl methyl sites for hydroxylation is 1. The molecule has 0 bridgehead atoms. The van der Waals surface area contributed by atoms with Crippen LogP contribution in [0.15, 0.2) is 41.3 Å². The van der Waals surface area contributed by atoms with Gasteiger partial charge in [0.05, 0.1) is 16.7 Å². The van der Waals surface area contributed by atoms with Crippen molar-refractivity contribution in [3.63, 3.8) is 0 Å². The molecule has 0 radical (unpaired) electrons. The summed E-state index contributed by atoms with van der Waals surface area (Å²) in [4.78, 5) is 23.2. The second-order valence-corrected chi connectivity index (χ2v) is 5.17. The van der Waals surface area contributed by atoms with E-state index >= 15 is 0 Å². The normalized spacial score (nSPS) is 12.0. The molecule has 1 amide bonds. The number of nitrogens with one attached hydrogen (secondary N) is 1. The number of amides is 1. The molecule has 0 aliphatic carbocycles. The molecule has 7 heteroatoms. The number of carbonyl (C=O) groups is 1. The van der Waals surface area contributed by atoms with Gasteiger partial charge in [-0.2, -0.15) is 0 Å². The number of aliphatic hydroxyl groups excluding tert-OH is 1. The third-order valence-corrected chi connectivity index (χ3v) is 3.44. The number of halogens is 2. The SMILES string of the molecule is Cn1cc(C(=O)NCC(O)c2ccc(Cl)c(F)c2)ccc1=O. The summed E-state index contributed by atoms with van der Waals surface area (Å²) < 4.78 is 14.6. The topological polar surface area (TPSA) is 71.3 Å². The van der Waals surface area contributed by atoms with Crippen LogP contribution in [0.25, 0.3) is 0 Å². The summed E-state index contributed by atoms with van der Waals surface area (Å²) in [7, 11) is 1.53. The fourth-order valence-corrected chi connectivity index (χ4v) is 1.97. The van der Waals surface area contributed by atoms with Crippen LogP contribution in [-0.2, 0) is 7.05 Å². The first-order valence-electron chi connectivity index (χ1n) is 6.46. The van der Waals surface area contributed by atoms with Crippen LogP contribution in [-0.4, -0.2) is 22.1 Å². The van der Waals surface area contributed by atoms with Gasteiger partial charge < -0.3 is 15.0 Å². The van der Waals surface area contributed by atoms with Gasteiger partial charge in [-0.3, -0.25) is 9.59 Å². The molecule has 0 saturated heterocycles. The van der Waals surface area contributed by atoms with E-state index in [9.17, 15) is 19.1 Å². The van der Waals surface area contributed by atoms with Crippen molar-refractivity contribution in [2.24, 2.45) is 7.05 Å². The van der Waals surface area contributed by atoms with Gasteiger partial charge in [-0.15, -0.1) is 0 Å². The van der Waals surface area contributed by atoms with E-state index in [0.717, 1.165) is 6.07 Å². The average Bonchev–Trinajstić information content (AvgIpc) is 2.50. The molecule has 2 rings (SSSR count). The van der Waals surface area contributed by atoms with Gasteiger partial charge in [0.2, 0.25) is 5.56 Å². The number of pyridine rings is 1. The zero-order chi connectivity index (χ0) is 16.3. The first-order valence-corrected chi connectivity index (χ1v) is 6.84. The second-order valence-electron chi connectivity index (χ2n) is 4.77. The Balaban J connectivity index is 2.02. The lowest BCUT2D eigenvalue weighted by Gasteiger charge is -2.13. The summed E-state index contributed by atoms with van der Waals surface area (Å²) in [6.07, 6.45) is 0.328. The van der Waals surface area contributed by atoms with Crippen LogP contribution in [0.2, 0.25) is 5.02 Å². The molecule has 2 aromatic rings. The molecular formula is C15H14ClFN2O3. The zero-order valence-corrected chi connectivity index (χ0v) is 12.5. The number of aliphatic hydroxyl groups is 1. The molecule has 116 valence electrons. The van der Waals surface area contributed by atoms with Gasteiger partial charge >= 0.3 is 0 Å². The lowest BCUT2D eigenvalue weighted by Crippen LogP contribution is -2.29. The van der Waals surface area contributed by atoms with Crippen molar-refractivity contribution in [2.45, 2.75) is 6.10 Å². The molecule has 0 aliphatic rings. The Labute approximate surface area is 131 Å². The van der Waals surface area contributed by atoms with Gasteiger partial charge in [0, 0.05) is 25.9 Å². The average molecular weight is 325 g/mol. The lowest BCUT2D eigenvalue weighted by molar-refractivity contribution is 0.0915. The first kappa shape index (κ1) is 16.2. The maximum Gasteiger partial charge on any atom is 0.252 e. The Morgan fingerprint density at radius 3 is 2.77 bits per heavy atom. The summed E-state index contributed by atoms with van der Waals surface area (Å²) >= 11 is 5.57. The highest BCUT2D eigenvalue weighted by Crippen LogP contribution is 2.19. The van der Waals surface area contributed by atoms with Crippen LogP contribution in [0.1, 0.15) is 22.0 Å². The highest BCUT2D eigenvalue weighted by atomic mass is 35.5. The highest BCUT2D eigenvalue weighted by Gasteiger charge is 2.13. The number of hydrogen-bond acceptors (Lipinski definition) is 3. The number of benzene rings is 1. The number of aromatic nitrogens is 1. The molecular weight excluding hydrogens is 311 g/mol. The summed E-state index contributed by atoms with van der Waals surface area (Å²) in [5, 5.41) is 12.4. The molecule has 5 nitrogen and oxygen atoms in total. The summed E-state index contributed by atoms with van der Waals surface area (Å²) in [6, 6.07) is 6.61. The van der Waals surface area contributed by atoms with Crippen LogP contribution in [0.3, 0.4) is 0 Å². The van der Waals surface area contributed by atoms with E-state index in [-0.39, 0.29) is 22.7 Å². The molecule has 1 aromatic heterocycles. The molecule has 0 aliphatic heterocycles. The van der Waals surface area contributed by atoms with Crippen molar-refractivity contribution in [3.05, 3.63) is 68.8 Å². The highest BCUT2D eigenvalue weighted by molar-refractivity contribution is 6.30. The van der Waals surface area contributed by atoms with E-state index in [4.69, 9.17) is 11.6 Å². The summed E-state index contributed by atoms with van der Waals surface area (Å²) in [6.45, 7) is -0.0945. The van der Waals surface area contributed by atoms with E-state index in [1.54, 1.807) is 0 Å². The predicted molar refractivity (Wildman–Crippen MR) is 80.4 cm³/mol. The monoisotopic (exact) mass is 324 g/mol. The summed E-state index contributed by atoms with van der Waals surface area (Å²) in [5.41, 5.74) is 0.368. The van der Waals surface area contributed by atoms with Crippen molar-refractivity contribution in [1.29, 1.82) is 0 Å². The third-order valence-electron chi connectivity index (χ3n) is 3.13. The fourth-order valence-electron chi connectivity index (χ4n) is 1.86. The van der Waals surface area contributed by atoms with Gasteiger partial charge in [-0.25, -0.2) is 4.39 Å². The number of nitrogens with zero attached hydrogens (tertiary/aromatic N) is 1. The third kappa shape index (κ3) is 3.72. The molecule has 0 saturated carbocycles. The van der Waals surface area contributed by atoms with Gasteiger partial charge in [-0.05, 0) is 23.8 Å². The molecule has 1 aromatic carbocycles. The quantitative estimate of drug-likeness (QED) is 0.898. The van der Waals surface area contributed by atoms with Gasteiger partial charge in [0.1, 0.15) is 5.82 Å². The van der Waals surface area contributed by atoms with Gasteiger partial charge in [0.15, 0.2) is 0 Å². The van der Waals surface area contributed by atoms with Crippen LogP contribution in [0.4, 0.5) is 4.39 Å². The molecule has 1 heterocycles. The van der Waals surface area contributed by atoms with Crippen molar-refractivity contribution < 1.29 is 14.3 Å². The Morgan fingerprint density at radius 1 is 1.41 bits per heavy atom. The minimum atomic E-state index is -1.07. The first-order chi connectivity index (χ1) is 10.4. The minimum absolute atomic E-state index is 0.0369. The molecule has 0 fully saturated rings. The smallest absolute Gasteiger partial charge is 0.252 e. The van der Waals surface area contributed by atoms with E-state index in [2.05, 4.69) is 5.32 Å². The molecule has 1 unspecified atom stereocenters. The van der Waals surface area contributed by atoms with Crippen molar-refractivity contribution in [3.8, 4) is 0 Å². The molecule has 1 atom stereocenters. The van der Waals surface area contributed by atoms with E-state index in [1.807, 2.05) is 0 Å². The largest absolute Gasteiger partial charge is 0.387 e. The Hall–Kier alpha value is -2.18.